The van der Waals surface area contributed by atoms with E-state index in [1.165, 1.54) is 10.1 Å². The average Bonchev–Trinajstić information content (AvgIpc) is 3.19. The number of rotatable bonds is 4. The van der Waals surface area contributed by atoms with Gasteiger partial charge in [-0.25, -0.2) is 14.3 Å². The van der Waals surface area contributed by atoms with Crippen molar-refractivity contribution in [2.24, 2.45) is 5.92 Å². The minimum Gasteiger partial charge on any atom is -0.443 e. The molecule has 0 spiro atoms. The first-order chi connectivity index (χ1) is 15.3. The molecule has 168 valence electrons. The van der Waals surface area contributed by atoms with Crippen molar-refractivity contribution in [2.75, 3.05) is 18.4 Å². The predicted molar refractivity (Wildman–Crippen MR) is 124 cm³/mol. The molecule has 1 saturated heterocycles. The number of hydrogen-bond donors (Lipinski definition) is 1. The number of carbonyl (C=O) groups excluding carboxylic acids is 2. The highest BCUT2D eigenvalue weighted by Gasteiger charge is 2.26. The van der Waals surface area contributed by atoms with E-state index in [0.29, 0.717) is 16.7 Å². The molecule has 0 radical (unpaired) electrons. The molecule has 0 unspecified atom stereocenters. The lowest BCUT2D eigenvalue weighted by Gasteiger charge is -2.31. The summed E-state index contributed by atoms with van der Waals surface area (Å²) in [6, 6.07) is 14.0. The summed E-state index contributed by atoms with van der Waals surface area (Å²) in [4.78, 5) is 32.2. The molecular weight excluding hydrogens is 404 g/mol. The number of amides is 1. The second-order valence-corrected chi connectivity index (χ2v) is 9.29. The molecule has 3 aromatic rings. The van der Waals surface area contributed by atoms with Gasteiger partial charge in [0.25, 0.3) is 0 Å². The van der Waals surface area contributed by atoms with Crippen LogP contribution in [0.4, 0.5) is 10.5 Å². The first-order valence-corrected chi connectivity index (χ1v) is 11.1. The Labute approximate surface area is 188 Å². The van der Waals surface area contributed by atoms with Crippen molar-refractivity contribution in [1.82, 2.24) is 14.5 Å². The van der Waals surface area contributed by atoms with E-state index in [9.17, 15) is 9.59 Å². The van der Waals surface area contributed by atoms with Crippen LogP contribution in [0, 0.1) is 5.92 Å². The molecule has 7 nitrogen and oxygen atoms in total. The van der Waals surface area contributed by atoms with Crippen molar-refractivity contribution in [3.05, 3.63) is 60.4 Å². The van der Waals surface area contributed by atoms with Gasteiger partial charge < -0.3 is 10.1 Å². The van der Waals surface area contributed by atoms with Gasteiger partial charge in [-0.15, -0.1) is 0 Å². The van der Waals surface area contributed by atoms with Crippen molar-refractivity contribution in [3.8, 4) is 0 Å². The SMILES string of the molecule is CC(C)(C)OC(=O)n1ccc2c(NC(=O)C3CCN(Cc4ccccc4)CC3)ccnc21. The summed E-state index contributed by atoms with van der Waals surface area (Å²) in [7, 11) is 0. The molecule has 1 aliphatic heterocycles. The topological polar surface area (TPSA) is 76.5 Å². The van der Waals surface area contributed by atoms with Crippen molar-refractivity contribution in [2.45, 2.75) is 45.8 Å². The fourth-order valence-corrected chi connectivity index (χ4v) is 4.04. The molecule has 0 atom stereocenters. The zero-order valence-corrected chi connectivity index (χ0v) is 18.9. The maximum absolute atomic E-state index is 13.0. The maximum Gasteiger partial charge on any atom is 0.420 e. The molecule has 3 heterocycles. The number of fused-ring (bicyclic) bond motifs is 1. The Morgan fingerprint density at radius 2 is 1.81 bits per heavy atom. The van der Waals surface area contributed by atoms with Gasteiger partial charge in [0.05, 0.1) is 5.69 Å². The van der Waals surface area contributed by atoms with Crippen LogP contribution in [-0.4, -0.2) is 45.1 Å². The van der Waals surface area contributed by atoms with Gasteiger partial charge in [0, 0.05) is 30.2 Å². The van der Waals surface area contributed by atoms with Gasteiger partial charge in [0.15, 0.2) is 5.65 Å². The minimum absolute atomic E-state index is 0.0156. The van der Waals surface area contributed by atoms with Gasteiger partial charge in [-0.1, -0.05) is 30.3 Å². The Hall–Kier alpha value is -3.19. The Morgan fingerprint density at radius 1 is 1.09 bits per heavy atom. The molecule has 0 saturated carbocycles. The Kier molecular flexibility index (Phi) is 6.28. The Morgan fingerprint density at radius 3 is 2.50 bits per heavy atom. The molecule has 32 heavy (non-hydrogen) atoms. The van der Waals surface area contributed by atoms with E-state index >= 15 is 0 Å². The zero-order valence-electron chi connectivity index (χ0n) is 18.9. The van der Waals surface area contributed by atoms with Crippen LogP contribution in [-0.2, 0) is 16.1 Å². The number of anilines is 1. The van der Waals surface area contributed by atoms with Crippen LogP contribution in [0.25, 0.3) is 11.0 Å². The monoisotopic (exact) mass is 434 g/mol. The van der Waals surface area contributed by atoms with Gasteiger partial charge >= 0.3 is 6.09 Å². The third kappa shape index (κ3) is 5.16. The van der Waals surface area contributed by atoms with Crippen LogP contribution < -0.4 is 5.32 Å². The molecule has 1 amide bonds. The van der Waals surface area contributed by atoms with Crippen LogP contribution in [0.1, 0.15) is 39.2 Å². The highest BCUT2D eigenvalue weighted by Crippen LogP contribution is 2.26. The predicted octanol–water partition coefficient (Wildman–Crippen LogP) is 4.67. The van der Waals surface area contributed by atoms with Crippen molar-refractivity contribution in [3.63, 3.8) is 0 Å². The number of pyridine rings is 1. The smallest absolute Gasteiger partial charge is 0.420 e. The fourth-order valence-electron chi connectivity index (χ4n) is 4.04. The molecular formula is C25H30N4O3. The molecule has 0 bridgehead atoms. The molecule has 1 N–H and O–H groups in total. The van der Waals surface area contributed by atoms with Crippen LogP contribution in [0.3, 0.4) is 0 Å². The highest BCUT2D eigenvalue weighted by molar-refractivity contribution is 6.02. The number of aromatic nitrogens is 2. The lowest BCUT2D eigenvalue weighted by molar-refractivity contribution is -0.121. The number of carbonyl (C=O) groups is 2. The molecule has 1 fully saturated rings. The first-order valence-electron chi connectivity index (χ1n) is 11.1. The summed E-state index contributed by atoms with van der Waals surface area (Å²) >= 11 is 0. The average molecular weight is 435 g/mol. The highest BCUT2D eigenvalue weighted by atomic mass is 16.6. The molecule has 1 aromatic carbocycles. The van der Waals surface area contributed by atoms with E-state index < -0.39 is 11.7 Å². The third-order valence-electron chi connectivity index (χ3n) is 5.64. The normalized spacial score (nSPS) is 15.6. The number of hydrogen-bond acceptors (Lipinski definition) is 5. The second kappa shape index (κ2) is 9.12. The largest absolute Gasteiger partial charge is 0.443 e. The van der Waals surface area contributed by atoms with Gasteiger partial charge in [0.1, 0.15) is 5.60 Å². The zero-order chi connectivity index (χ0) is 22.7. The molecule has 7 heteroatoms. The van der Waals surface area contributed by atoms with E-state index in [-0.39, 0.29) is 11.8 Å². The van der Waals surface area contributed by atoms with Gasteiger partial charge in [0.2, 0.25) is 5.91 Å². The number of benzene rings is 1. The van der Waals surface area contributed by atoms with Crippen LogP contribution in [0.15, 0.2) is 54.9 Å². The van der Waals surface area contributed by atoms with E-state index in [1.807, 2.05) is 26.8 Å². The minimum atomic E-state index is -0.602. The summed E-state index contributed by atoms with van der Waals surface area (Å²) in [6.07, 6.45) is 4.39. The van der Waals surface area contributed by atoms with Gasteiger partial charge in [-0.3, -0.25) is 9.69 Å². The maximum atomic E-state index is 13.0. The van der Waals surface area contributed by atoms with Crippen molar-refractivity contribution >= 4 is 28.7 Å². The number of likely N-dealkylation sites (tertiary alicyclic amines) is 1. The molecule has 1 aliphatic rings. The van der Waals surface area contributed by atoms with Crippen LogP contribution >= 0.6 is 0 Å². The lowest BCUT2D eigenvalue weighted by Crippen LogP contribution is -2.37. The summed E-state index contributed by atoms with van der Waals surface area (Å²) in [6.45, 7) is 8.17. The number of nitrogens with zero attached hydrogens (tertiary/aromatic N) is 3. The summed E-state index contributed by atoms with van der Waals surface area (Å²) in [5.41, 5.74) is 1.82. The van der Waals surface area contributed by atoms with E-state index in [2.05, 4.69) is 39.5 Å². The molecule has 4 rings (SSSR count). The molecule has 2 aromatic heterocycles. The number of ether oxygens (including phenoxy) is 1. The summed E-state index contributed by atoms with van der Waals surface area (Å²) < 4.78 is 6.82. The van der Waals surface area contributed by atoms with Gasteiger partial charge in [-0.05, 0) is 64.4 Å². The standard InChI is InChI=1S/C25H30N4O3/c1-25(2,3)32-24(31)29-16-12-20-21(9-13-26-22(20)29)27-23(30)19-10-14-28(15-11-19)17-18-7-5-4-6-8-18/h4-9,12-13,16,19H,10-11,14-15,17H2,1-3H3,(H,26,27,30). The van der Waals surface area contributed by atoms with Crippen LogP contribution in [0.5, 0.6) is 0 Å². The van der Waals surface area contributed by atoms with E-state index in [0.717, 1.165) is 32.5 Å². The third-order valence-corrected chi connectivity index (χ3v) is 5.64. The van der Waals surface area contributed by atoms with Crippen LogP contribution in [0.2, 0.25) is 0 Å². The second-order valence-electron chi connectivity index (χ2n) is 9.29. The number of nitrogens with one attached hydrogen (secondary N) is 1. The molecule has 0 aliphatic carbocycles. The Balaban J connectivity index is 1.39. The van der Waals surface area contributed by atoms with Crippen molar-refractivity contribution in [1.29, 1.82) is 0 Å². The first kappa shape index (κ1) is 22.0. The lowest BCUT2D eigenvalue weighted by atomic mass is 9.95. The van der Waals surface area contributed by atoms with E-state index in [4.69, 9.17) is 4.74 Å². The summed E-state index contributed by atoms with van der Waals surface area (Å²) in [5, 5.41) is 3.77. The number of piperidine rings is 1. The Bertz CT molecular complexity index is 1090. The summed E-state index contributed by atoms with van der Waals surface area (Å²) in [5.74, 6) is -0.0138. The van der Waals surface area contributed by atoms with Crippen molar-refractivity contribution < 1.29 is 14.3 Å². The fraction of sp³-hybridized carbons (Fsp3) is 0.400. The quantitative estimate of drug-likeness (QED) is 0.646. The van der Waals surface area contributed by atoms with Gasteiger partial charge in [-0.2, -0.15) is 0 Å². The van der Waals surface area contributed by atoms with E-state index in [1.54, 1.807) is 24.5 Å².